The number of ether oxygens (including phenoxy) is 1. The van der Waals surface area contributed by atoms with Crippen molar-refractivity contribution in [1.82, 2.24) is 9.88 Å². The number of nitrogens with zero attached hydrogens (tertiary/aromatic N) is 2. The molecule has 2 aromatic rings. The van der Waals surface area contributed by atoms with Crippen molar-refractivity contribution in [2.24, 2.45) is 0 Å². The van der Waals surface area contributed by atoms with E-state index >= 15 is 0 Å². The van der Waals surface area contributed by atoms with Gasteiger partial charge in [-0.05, 0) is 37.1 Å². The van der Waals surface area contributed by atoms with E-state index in [9.17, 15) is 9.59 Å². The minimum absolute atomic E-state index is 0.00586. The first-order chi connectivity index (χ1) is 12.2. The third-order valence-electron chi connectivity index (χ3n) is 4.63. The molecule has 0 spiro atoms. The molecule has 0 aliphatic carbocycles. The summed E-state index contributed by atoms with van der Waals surface area (Å²) in [5.41, 5.74) is 0.621. The summed E-state index contributed by atoms with van der Waals surface area (Å²) in [5, 5.41) is 3.17. The number of aromatic nitrogens is 1. The fourth-order valence-corrected chi connectivity index (χ4v) is 3.92. The summed E-state index contributed by atoms with van der Waals surface area (Å²) >= 11 is 1.69. The minimum atomic E-state index is -0.00586. The quantitative estimate of drug-likeness (QED) is 0.741. The van der Waals surface area contributed by atoms with Gasteiger partial charge >= 0.3 is 0 Å². The number of Topliss-reactive ketones (excluding diaryl/α,β-unsaturated/α-hetero) is 1. The summed E-state index contributed by atoms with van der Waals surface area (Å²) < 4.78 is 5.09. The highest BCUT2D eigenvalue weighted by atomic mass is 32.1. The van der Waals surface area contributed by atoms with Crippen LogP contribution < -0.4 is 4.74 Å². The SMILES string of the molecule is COc1ccc(C(=O)CCC(=O)N2CCC(c3nccs3)CC2)cc1. The Labute approximate surface area is 151 Å². The number of benzene rings is 1. The topological polar surface area (TPSA) is 59.5 Å². The lowest BCUT2D eigenvalue weighted by Gasteiger charge is -2.31. The van der Waals surface area contributed by atoms with Gasteiger partial charge in [0.1, 0.15) is 5.75 Å². The maximum atomic E-state index is 12.4. The van der Waals surface area contributed by atoms with Gasteiger partial charge in [-0.2, -0.15) is 0 Å². The van der Waals surface area contributed by atoms with E-state index in [0.717, 1.165) is 31.7 Å². The molecule has 0 radical (unpaired) electrons. The number of carbonyl (C=O) groups excluding carboxylic acids is 2. The van der Waals surface area contributed by atoms with Crippen LogP contribution in [0.1, 0.15) is 47.0 Å². The number of hydrogen-bond donors (Lipinski definition) is 0. The monoisotopic (exact) mass is 358 g/mol. The van der Waals surface area contributed by atoms with Crippen LogP contribution in [0, 0.1) is 0 Å². The van der Waals surface area contributed by atoms with Crippen LogP contribution in [0.15, 0.2) is 35.8 Å². The molecule has 1 saturated heterocycles. The van der Waals surface area contributed by atoms with E-state index in [1.807, 2.05) is 16.5 Å². The molecule has 25 heavy (non-hydrogen) atoms. The van der Waals surface area contributed by atoms with Gasteiger partial charge in [0.2, 0.25) is 5.91 Å². The van der Waals surface area contributed by atoms with Gasteiger partial charge in [0, 0.05) is 49.0 Å². The Bertz CT molecular complexity index is 705. The number of hydrogen-bond acceptors (Lipinski definition) is 5. The number of amides is 1. The predicted octanol–water partition coefficient (Wildman–Crippen LogP) is 3.52. The average Bonchev–Trinajstić information content (AvgIpc) is 3.21. The zero-order valence-corrected chi connectivity index (χ0v) is 15.1. The zero-order chi connectivity index (χ0) is 17.6. The molecule has 5 nitrogen and oxygen atoms in total. The Balaban J connectivity index is 1.45. The van der Waals surface area contributed by atoms with E-state index < -0.39 is 0 Å². The van der Waals surface area contributed by atoms with Crippen molar-refractivity contribution in [3.63, 3.8) is 0 Å². The van der Waals surface area contributed by atoms with Gasteiger partial charge in [-0.15, -0.1) is 11.3 Å². The Morgan fingerprint density at radius 3 is 2.52 bits per heavy atom. The number of methoxy groups -OCH3 is 1. The lowest BCUT2D eigenvalue weighted by Crippen LogP contribution is -2.38. The van der Waals surface area contributed by atoms with E-state index in [4.69, 9.17) is 4.74 Å². The maximum Gasteiger partial charge on any atom is 0.223 e. The third-order valence-corrected chi connectivity index (χ3v) is 5.56. The van der Waals surface area contributed by atoms with Crippen molar-refractivity contribution >= 4 is 23.0 Å². The number of ketones is 1. The lowest BCUT2D eigenvalue weighted by atomic mass is 9.97. The molecule has 6 heteroatoms. The molecule has 0 bridgehead atoms. The fourth-order valence-electron chi connectivity index (χ4n) is 3.11. The maximum absolute atomic E-state index is 12.4. The first-order valence-corrected chi connectivity index (χ1v) is 9.39. The van der Waals surface area contributed by atoms with Crippen molar-refractivity contribution in [3.05, 3.63) is 46.4 Å². The normalized spacial score (nSPS) is 15.2. The van der Waals surface area contributed by atoms with Gasteiger partial charge in [-0.3, -0.25) is 9.59 Å². The molecule has 1 aromatic heterocycles. The number of rotatable bonds is 6. The highest BCUT2D eigenvalue weighted by Gasteiger charge is 2.25. The standard InChI is InChI=1S/C19H22N2O3S/c1-24-16-4-2-14(3-5-16)17(22)6-7-18(23)21-11-8-15(9-12-21)19-20-10-13-25-19/h2-5,10,13,15H,6-9,11-12H2,1H3. The van der Waals surface area contributed by atoms with Gasteiger partial charge in [0.15, 0.2) is 5.78 Å². The zero-order valence-electron chi connectivity index (χ0n) is 14.3. The molecule has 3 rings (SSSR count). The Morgan fingerprint density at radius 2 is 1.92 bits per heavy atom. The average molecular weight is 358 g/mol. The minimum Gasteiger partial charge on any atom is -0.497 e. The second-order valence-electron chi connectivity index (χ2n) is 6.18. The van der Waals surface area contributed by atoms with Gasteiger partial charge in [-0.1, -0.05) is 0 Å². The van der Waals surface area contributed by atoms with Crippen molar-refractivity contribution in [3.8, 4) is 5.75 Å². The largest absolute Gasteiger partial charge is 0.497 e. The second-order valence-corrected chi connectivity index (χ2v) is 7.10. The van der Waals surface area contributed by atoms with Crippen molar-refractivity contribution < 1.29 is 14.3 Å². The first kappa shape index (κ1) is 17.6. The van der Waals surface area contributed by atoms with Crippen LogP contribution in [0.25, 0.3) is 0 Å². The van der Waals surface area contributed by atoms with Gasteiger partial charge < -0.3 is 9.64 Å². The van der Waals surface area contributed by atoms with E-state index in [2.05, 4.69) is 4.98 Å². The Hall–Kier alpha value is -2.21. The van der Waals surface area contributed by atoms with E-state index in [0.29, 0.717) is 11.5 Å². The van der Waals surface area contributed by atoms with Crippen molar-refractivity contribution in [2.75, 3.05) is 20.2 Å². The number of thiazole rings is 1. The summed E-state index contributed by atoms with van der Waals surface area (Å²) in [4.78, 5) is 30.8. The van der Waals surface area contributed by atoms with Gasteiger partial charge in [-0.25, -0.2) is 4.98 Å². The van der Waals surface area contributed by atoms with Gasteiger partial charge in [0.05, 0.1) is 12.1 Å². The molecule has 0 saturated carbocycles. The summed E-state index contributed by atoms with van der Waals surface area (Å²) in [6.07, 6.45) is 4.25. The molecule has 0 atom stereocenters. The van der Waals surface area contributed by atoms with Crippen molar-refractivity contribution in [1.29, 1.82) is 0 Å². The Kier molecular flexibility index (Phi) is 5.81. The molecule has 2 heterocycles. The molecular formula is C19H22N2O3S. The molecule has 1 aliphatic rings. The van der Waals surface area contributed by atoms with Crippen LogP contribution in [0.3, 0.4) is 0 Å². The summed E-state index contributed by atoms with van der Waals surface area (Å²) in [7, 11) is 1.59. The van der Waals surface area contributed by atoms with Crippen LogP contribution in [0.5, 0.6) is 5.75 Å². The highest BCUT2D eigenvalue weighted by Crippen LogP contribution is 2.29. The van der Waals surface area contributed by atoms with Crippen LogP contribution in [-0.4, -0.2) is 41.8 Å². The predicted molar refractivity (Wildman–Crippen MR) is 97.2 cm³/mol. The summed E-state index contributed by atoms with van der Waals surface area (Å²) in [6.45, 7) is 1.50. The molecule has 0 unspecified atom stereocenters. The van der Waals surface area contributed by atoms with Crippen LogP contribution in [0.2, 0.25) is 0 Å². The van der Waals surface area contributed by atoms with E-state index in [1.54, 1.807) is 42.7 Å². The first-order valence-electron chi connectivity index (χ1n) is 8.52. The highest BCUT2D eigenvalue weighted by molar-refractivity contribution is 7.09. The molecular weight excluding hydrogens is 336 g/mol. The summed E-state index contributed by atoms with van der Waals surface area (Å²) in [6, 6.07) is 7.01. The van der Waals surface area contributed by atoms with Crippen LogP contribution in [-0.2, 0) is 4.79 Å². The third kappa shape index (κ3) is 4.45. The van der Waals surface area contributed by atoms with Crippen LogP contribution in [0.4, 0.5) is 0 Å². The van der Waals surface area contributed by atoms with Gasteiger partial charge in [0.25, 0.3) is 0 Å². The molecule has 1 aromatic carbocycles. The van der Waals surface area contributed by atoms with E-state index in [-0.39, 0.29) is 24.5 Å². The smallest absolute Gasteiger partial charge is 0.223 e. The van der Waals surface area contributed by atoms with E-state index in [1.165, 1.54) is 5.01 Å². The molecule has 1 amide bonds. The molecule has 1 fully saturated rings. The Morgan fingerprint density at radius 1 is 1.20 bits per heavy atom. The molecule has 0 N–H and O–H groups in total. The number of likely N-dealkylation sites (tertiary alicyclic amines) is 1. The van der Waals surface area contributed by atoms with Crippen molar-refractivity contribution in [2.45, 2.75) is 31.6 Å². The number of carbonyl (C=O) groups is 2. The lowest BCUT2D eigenvalue weighted by molar-refractivity contribution is -0.132. The van der Waals surface area contributed by atoms with Crippen LogP contribution >= 0.6 is 11.3 Å². The molecule has 132 valence electrons. The second kappa shape index (κ2) is 8.25. The number of piperidine rings is 1. The molecule has 1 aliphatic heterocycles. The fraction of sp³-hybridized carbons (Fsp3) is 0.421. The summed E-state index contributed by atoms with van der Waals surface area (Å²) in [5.74, 6) is 1.24.